The van der Waals surface area contributed by atoms with Gasteiger partial charge in [-0.2, -0.15) is 13.2 Å². The van der Waals surface area contributed by atoms with Gasteiger partial charge < -0.3 is 10.1 Å². The molecule has 0 saturated heterocycles. The highest BCUT2D eigenvalue weighted by atomic mass is 19.4. The highest BCUT2D eigenvalue weighted by Crippen LogP contribution is 2.43. The average molecular weight is 311 g/mol. The standard InChI is InChI=1S/C16H13F4NO/c1-22-14-6-5-9(7-12(14)17)13-8-10-3-2-4-11(15(10)21-13)16(18,19)20/h2-7,13,21H,8H2,1H3. The summed E-state index contributed by atoms with van der Waals surface area (Å²) < 4.78 is 57.7. The monoisotopic (exact) mass is 311 g/mol. The Bertz CT molecular complexity index is 712. The van der Waals surface area contributed by atoms with Gasteiger partial charge in [0.15, 0.2) is 11.6 Å². The molecule has 0 fully saturated rings. The van der Waals surface area contributed by atoms with Crippen LogP contribution in [0.25, 0.3) is 0 Å². The van der Waals surface area contributed by atoms with Gasteiger partial charge in [0, 0.05) is 0 Å². The minimum Gasteiger partial charge on any atom is -0.494 e. The van der Waals surface area contributed by atoms with Gasteiger partial charge >= 0.3 is 6.18 Å². The molecular formula is C16H13F4NO. The van der Waals surface area contributed by atoms with Crippen LogP contribution in [-0.2, 0) is 12.6 Å². The topological polar surface area (TPSA) is 21.3 Å². The van der Waals surface area contributed by atoms with Crippen LogP contribution in [0.3, 0.4) is 0 Å². The van der Waals surface area contributed by atoms with Gasteiger partial charge in [0.2, 0.25) is 0 Å². The minimum absolute atomic E-state index is 0.0798. The van der Waals surface area contributed by atoms with E-state index in [2.05, 4.69) is 5.32 Å². The highest BCUT2D eigenvalue weighted by molar-refractivity contribution is 5.64. The quantitative estimate of drug-likeness (QED) is 0.821. The Morgan fingerprint density at radius 2 is 1.95 bits per heavy atom. The summed E-state index contributed by atoms with van der Waals surface area (Å²) in [7, 11) is 1.36. The molecule has 2 aromatic carbocycles. The number of rotatable bonds is 2. The number of para-hydroxylation sites is 1. The van der Waals surface area contributed by atoms with Crippen molar-refractivity contribution < 1.29 is 22.3 Å². The number of benzene rings is 2. The zero-order valence-corrected chi connectivity index (χ0v) is 11.7. The fraction of sp³-hybridized carbons (Fsp3) is 0.250. The molecule has 1 unspecified atom stereocenters. The molecule has 2 nitrogen and oxygen atoms in total. The van der Waals surface area contributed by atoms with E-state index in [1.807, 2.05) is 0 Å². The van der Waals surface area contributed by atoms with E-state index in [0.717, 1.165) is 6.07 Å². The van der Waals surface area contributed by atoms with Crippen molar-refractivity contribution in [1.29, 1.82) is 0 Å². The molecule has 1 atom stereocenters. The number of methoxy groups -OCH3 is 1. The molecule has 3 rings (SSSR count). The maximum Gasteiger partial charge on any atom is 0.418 e. The van der Waals surface area contributed by atoms with Crippen molar-refractivity contribution in [3.05, 3.63) is 58.9 Å². The largest absolute Gasteiger partial charge is 0.494 e. The SMILES string of the molecule is COc1ccc(C2Cc3cccc(C(F)(F)F)c3N2)cc1F. The Morgan fingerprint density at radius 1 is 1.18 bits per heavy atom. The molecule has 6 heteroatoms. The fourth-order valence-electron chi connectivity index (χ4n) is 2.72. The lowest BCUT2D eigenvalue weighted by Gasteiger charge is -2.15. The van der Waals surface area contributed by atoms with Crippen molar-refractivity contribution in [2.75, 3.05) is 12.4 Å². The first-order chi connectivity index (χ1) is 10.4. The molecule has 0 amide bonds. The van der Waals surface area contributed by atoms with Gasteiger partial charge in [0.25, 0.3) is 0 Å². The Hall–Kier alpha value is -2.24. The van der Waals surface area contributed by atoms with Crippen molar-refractivity contribution in [2.45, 2.75) is 18.6 Å². The lowest BCUT2D eigenvalue weighted by atomic mass is 10.0. The highest BCUT2D eigenvalue weighted by Gasteiger charge is 2.37. The Labute approximate surface area is 124 Å². The van der Waals surface area contributed by atoms with Crippen LogP contribution in [0.1, 0.15) is 22.7 Å². The predicted molar refractivity (Wildman–Crippen MR) is 74.5 cm³/mol. The van der Waals surface area contributed by atoms with Gasteiger partial charge in [0.1, 0.15) is 0 Å². The summed E-state index contributed by atoms with van der Waals surface area (Å²) in [6.07, 6.45) is -4.04. The number of ether oxygens (including phenoxy) is 1. The molecule has 0 bridgehead atoms. The maximum absolute atomic E-state index is 13.8. The van der Waals surface area contributed by atoms with E-state index in [-0.39, 0.29) is 17.5 Å². The number of anilines is 1. The van der Waals surface area contributed by atoms with Crippen LogP contribution in [0.15, 0.2) is 36.4 Å². The van der Waals surface area contributed by atoms with E-state index in [4.69, 9.17) is 4.74 Å². The molecule has 0 aliphatic carbocycles. The number of hydrogen-bond donors (Lipinski definition) is 1. The van der Waals surface area contributed by atoms with Crippen LogP contribution < -0.4 is 10.1 Å². The zero-order chi connectivity index (χ0) is 15.9. The van der Waals surface area contributed by atoms with Crippen molar-refractivity contribution in [3.8, 4) is 5.75 Å². The van der Waals surface area contributed by atoms with E-state index in [9.17, 15) is 17.6 Å². The maximum atomic E-state index is 13.8. The number of halogens is 4. The Balaban J connectivity index is 1.93. The first-order valence-corrected chi connectivity index (χ1v) is 6.69. The van der Waals surface area contributed by atoms with Crippen LogP contribution in [-0.4, -0.2) is 7.11 Å². The number of hydrogen-bond acceptors (Lipinski definition) is 2. The Kier molecular flexibility index (Phi) is 3.47. The molecule has 1 N–H and O–H groups in total. The normalized spacial score (nSPS) is 17.0. The molecule has 116 valence electrons. The molecule has 1 aliphatic rings. The van der Waals surface area contributed by atoms with Crippen LogP contribution in [0.5, 0.6) is 5.75 Å². The summed E-state index contributed by atoms with van der Waals surface area (Å²) in [4.78, 5) is 0. The lowest BCUT2D eigenvalue weighted by Crippen LogP contribution is -2.11. The molecule has 0 aromatic heterocycles. The van der Waals surface area contributed by atoms with E-state index >= 15 is 0 Å². The van der Waals surface area contributed by atoms with E-state index in [1.165, 1.54) is 25.3 Å². The molecule has 1 aliphatic heterocycles. The average Bonchev–Trinajstić information content (AvgIpc) is 2.89. The number of nitrogens with one attached hydrogen (secondary N) is 1. The van der Waals surface area contributed by atoms with E-state index in [1.54, 1.807) is 12.1 Å². The summed E-state index contributed by atoms with van der Waals surface area (Å²) in [6.45, 7) is 0. The van der Waals surface area contributed by atoms with Gasteiger partial charge in [-0.15, -0.1) is 0 Å². The van der Waals surface area contributed by atoms with Gasteiger partial charge in [-0.1, -0.05) is 18.2 Å². The molecular weight excluding hydrogens is 298 g/mol. The number of alkyl halides is 3. The third-order valence-electron chi connectivity index (χ3n) is 3.78. The second kappa shape index (κ2) is 5.19. The third kappa shape index (κ3) is 2.49. The molecule has 2 aromatic rings. The van der Waals surface area contributed by atoms with Crippen LogP contribution in [0.2, 0.25) is 0 Å². The second-order valence-corrected chi connectivity index (χ2v) is 5.13. The smallest absolute Gasteiger partial charge is 0.418 e. The summed E-state index contributed by atoms with van der Waals surface area (Å²) in [6, 6.07) is 8.11. The molecule has 0 spiro atoms. The first kappa shape index (κ1) is 14.7. The van der Waals surface area contributed by atoms with Crippen molar-refractivity contribution in [1.82, 2.24) is 0 Å². The summed E-state index contributed by atoms with van der Waals surface area (Å²) in [5, 5.41) is 2.86. The molecule has 0 saturated carbocycles. The molecule has 22 heavy (non-hydrogen) atoms. The first-order valence-electron chi connectivity index (χ1n) is 6.69. The molecule has 0 radical (unpaired) electrons. The summed E-state index contributed by atoms with van der Waals surface area (Å²) in [5.41, 5.74) is 0.552. The fourth-order valence-corrected chi connectivity index (χ4v) is 2.72. The predicted octanol–water partition coefficient (Wildman–Crippen LogP) is 4.56. The minimum atomic E-state index is -4.42. The van der Waals surface area contributed by atoms with Crippen molar-refractivity contribution in [2.24, 2.45) is 0 Å². The lowest BCUT2D eigenvalue weighted by molar-refractivity contribution is -0.136. The van der Waals surface area contributed by atoms with E-state index < -0.39 is 17.6 Å². The van der Waals surface area contributed by atoms with Gasteiger partial charge in [-0.05, 0) is 35.7 Å². The summed E-state index contributed by atoms with van der Waals surface area (Å²) in [5.74, 6) is -0.427. The van der Waals surface area contributed by atoms with Crippen molar-refractivity contribution in [3.63, 3.8) is 0 Å². The van der Waals surface area contributed by atoms with Gasteiger partial charge in [0.05, 0.1) is 24.4 Å². The van der Waals surface area contributed by atoms with Crippen molar-refractivity contribution >= 4 is 5.69 Å². The number of fused-ring (bicyclic) bond motifs is 1. The van der Waals surface area contributed by atoms with E-state index in [0.29, 0.717) is 17.5 Å². The van der Waals surface area contributed by atoms with Crippen LogP contribution in [0.4, 0.5) is 23.2 Å². The Morgan fingerprint density at radius 3 is 2.59 bits per heavy atom. The third-order valence-corrected chi connectivity index (χ3v) is 3.78. The van der Waals surface area contributed by atoms with Gasteiger partial charge in [-0.25, -0.2) is 4.39 Å². The zero-order valence-electron chi connectivity index (χ0n) is 11.7. The molecule has 1 heterocycles. The second-order valence-electron chi connectivity index (χ2n) is 5.13. The van der Waals surface area contributed by atoms with Gasteiger partial charge in [-0.3, -0.25) is 0 Å². The van der Waals surface area contributed by atoms with Crippen LogP contribution >= 0.6 is 0 Å². The van der Waals surface area contributed by atoms with Crippen LogP contribution in [0, 0.1) is 5.82 Å². The summed E-state index contributed by atoms with van der Waals surface area (Å²) >= 11 is 0.